The molecule has 2 aromatic carbocycles. The van der Waals surface area contributed by atoms with Crippen LogP contribution in [0.4, 0.5) is 13.2 Å². The molecule has 5 nitrogen and oxygen atoms in total. The predicted molar refractivity (Wildman–Crippen MR) is 95.7 cm³/mol. The van der Waals surface area contributed by atoms with E-state index in [1.807, 2.05) is 0 Å². The lowest BCUT2D eigenvalue weighted by Crippen LogP contribution is -2.37. The van der Waals surface area contributed by atoms with E-state index in [0.29, 0.717) is 24.3 Å². The van der Waals surface area contributed by atoms with Crippen LogP contribution in [-0.2, 0) is 0 Å². The molecule has 0 unspecified atom stereocenters. The van der Waals surface area contributed by atoms with Crippen molar-refractivity contribution in [3.63, 3.8) is 0 Å². The Labute approximate surface area is 160 Å². The average Bonchev–Trinajstić information content (AvgIpc) is 2.97. The molecule has 3 rings (SSSR count). The van der Waals surface area contributed by atoms with Gasteiger partial charge in [0.1, 0.15) is 5.75 Å². The van der Waals surface area contributed by atoms with Gasteiger partial charge in [-0.15, -0.1) is 0 Å². The number of benzene rings is 2. The number of hydrogen-bond donors (Lipinski definition) is 0. The summed E-state index contributed by atoms with van der Waals surface area (Å²) in [7, 11) is 1.48. The van der Waals surface area contributed by atoms with E-state index in [0.717, 1.165) is 12.1 Å². The second-order valence-corrected chi connectivity index (χ2v) is 6.36. The first-order chi connectivity index (χ1) is 13.4. The fourth-order valence-corrected chi connectivity index (χ4v) is 3.18. The third-order valence-electron chi connectivity index (χ3n) is 4.67. The van der Waals surface area contributed by atoms with Gasteiger partial charge in [0.05, 0.1) is 18.2 Å². The van der Waals surface area contributed by atoms with Gasteiger partial charge in [0.15, 0.2) is 17.5 Å². The zero-order valence-electron chi connectivity index (χ0n) is 15.3. The van der Waals surface area contributed by atoms with Crippen molar-refractivity contribution in [2.24, 2.45) is 0 Å². The molecule has 28 heavy (non-hydrogen) atoms. The Morgan fingerprint density at radius 3 is 2.07 bits per heavy atom. The lowest BCUT2D eigenvalue weighted by Gasteiger charge is -2.23. The average molecular weight is 392 g/mol. The molecule has 0 bridgehead atoms. The van der Waals surface area contributed by atoms with Gasteiger partial charge in [0.2, 0.25) is 0 Å². The van der Waals surface area contributed by atoms with Gasteiger partial charge in [-0.05, 0) is 30.7 Å². The number of halogens is 3. The van der Waals surface area contributed by atoms with E-state index in [2.05, 4.69) is 0 Å². The summed E-state index contributed by atoms with van der Waals surface area (Å²) >= 11 is 0. The van der Waals surface area contributed by atoms with Crippen molar-refractivity contribution in [3.05, 3.63) is 65.0 Å². The number of ether oxygens (including phenoxy) is 1. The number of carbonyl (C=O) groups excluding carboxylic acids is 2. The van der Waals surface area contributed by atoms with Crippen LogP contribution >= 0.6 is 0 Å². The Morgan fingerprint density at radius 1 is 0.821 bits per heavy atom. The first kappa shape index (κ1) is 19.7. The van der Waals surface area contributed by atoms with Gasteiger partial charge in [0.25, 0.3) is 11.8 Å². The lowest BCUT2D eigenvalue weighted by atomic mass is 10.1. The highest BCUT2D eigenvalue weighted by Crippen LogP contribution is 2.21. The molecule has 148 valence electrons. The number of rotatable bonds is 3. The van der Waals surface area contributed by atoms with Crippen molar-refractivity contribution in [1.29, 1.82) is 0 Å². The third-order valence-corrected chi connectivity index (χ3v) is 4.67. The normalized spacial score (nSPS) is 14.6. The van der Waals surface area contributed by atoms with Crippen LogP contribution in [0.2, 0.25) is 0 Å². The smallest absolute Gasteiger partial charge is 0.257 e. The van der Waals surface area contributed by atoms with Crippen molar-refractivity contribution in [2.45, 2.75) is 6.42 Å². The second kappa shape index (κ2) is 8.33. The van der Waals surface area contributed by atoms with Crippen molar-refractivity contribution in [3.8, 4) is 5.75 Å². The lowest BCUT2D eigenvalue weighted by molar-refractivity contribution is 0.0713. The van der Waals surface area contributed by atoms with Crippen LogP contribution in [0.1, 0.15) is 27.1 Å². The molecule has 2 amide bonds. The summed E-state index contributed by atoms with van der Waals surface area (Å²) in [5.41, 5.74) is -0.111. The number of nitrogens with zero attached hydrogens (tertiary/aromatic N) is 2. The topological polar surface area (TPSA) is 49.9 Å². The van der Waals surface area contributed by atoms with Crippen LogP contribution in [0.25, 0.3) is 0 Å². The molecule has 1 saturated heterocycles. The number of para-hydroxylation sites is 1. The summed E-state index contributed by atoms with van der Waals surface area (Å²) in [4.78, 5) is 28.3. The monoisotopic (exact) mass is 392 g/mol. The molecule has 0 N–H and O–H groups in total. The standard InChI is InChI=1S/C20H19F3N2O3/c1-28-16-6-3-2-5-13(16)19(26)24-9-4-10-25(12-11-24)20(27)14-7-8-15(21)18(23)17(14)22/h2-3,5-8H,4,9-12H2,1H3. The zero-order valence-corrected chi connectivity index (χ0v) is 15.3. The molecule has 0 spiro atoms. The SMILES string of the molecule is COc1ccccc1C(=O)N1CCCN(C(=O)c2ccc(F)c(F)c2F)CC1. The Balaban J connectivity index is 1.74. The summed E-state index contributed by atoms with van der Waals surface area (Å²) in [6, 6.07) is 8.49. The molecular weight excluding hydrogens is 373 g/mol. The number of methoxy groups -OCH3 is 1. The molecule has 0 radical (unpaired) electrons. The van der Waals surface area contributed by atoms with E-state index in [9.17, 15) is 22.8 Å². The van der Waals surface area contributed by atoms with Crippen molar-refractivity contribution < 1.29 is 27.5 Å². The second-order valence-electron chi connectivity index (χ2n) is 6.36. The predicted octanol–water partition coefficient (Wildman–Crippen LogP) is 3.10. The number of amides is 2. The fraction of sp³-hybridized carbons (Fsp3) is 0.300. The number of hydrogen-bond acceptors (Lipinski definition) is 3. The first-order valence-electron chi connectivity index (χ1n) is 8.79. The highest BCUT2D eigenvalue weighted by Gasteiger charge is 2.27. The molecule has 0 aromatic heterocycles. The Hall–Kier alpha value is -3.03. The molecule has 0 aliphatic carbocycles. The summed E-state index contributed by atoms with van der Waals surface area (Å²) in [6.07, 6.45) is 0.470. The quantitative estimate of drug-likeness (QED) is 0.755. The summed E-state index contributed by atoms with van der Waals surface area (Å²) in [5, 5.41) is 0. The van der Waals surface area contributed by atoms with Gasteiger partial charge >= 0.3 is 0 Å². The minimum Gasteiger partial charge on any atom is -0.496 e. The van der Waals surface area contributed by atoms with Crippen LogP contribution in [0.5, 0.6) is 5.75 Å². The maximum Gasteiger partial charge on any atom is 0.257 e. The summed E-state index contributed by atoms with van der Waals surface area (Å²) < 4.78 is 45.7. The Kier molecular flexibility index (Phi) is 5.87. The maximum atomic E-state index is 13.9. The van der Waals surface area contributed by atoms with E-state index < -0.39 is 28.9 Å². The van der Waals surface area contributed by atoms with Crippen LogP contribution in [-0.4, -0.2) is 54.9 Å². The summed E-state index contributed by atoms with van der Waals surface area (Å²) in [6.45, 7) is 1.06. The number of carbonyl (C=O) groups is 2. The van der Waals surface area contributed by atoms with E-state index in [-0.39, 0.29) is 25.5 Å². The van der Waals surface area contributed by atoms with Gasteiger partial charge in [-0.2, -0.15) is 0 Å². The van der Waals surface area contributed by atoms with Crippen molar-refractivity contribution in [1.82, 2.24) is 9.80 Å². The van der Waals surface area contributed by atoms with Gasteiger partial charge in [0, 0.05) is 26.2 Å². The largest absolute Gasteiger partial charge is 0.496 e. The molecule has 1 fully saturated rings. The Morgan fingerprint density at radius 2 is 1.43 bits per heavy atom. The molecule has 1 aliphatic rings. The van der Waals surface area contributed by atoms with Crippen LogP contribution < -0.4 is 4.74 Å². The highest BCUT2D eigenvalue weighted by molar-refractivity contribution is 5.97. The van der Waals surface area contributed by atoms with Crippen molar-refractivity contribution in [2.75, 3.05) is 33.3 Å². The summed E-state index contributed by atoms with van der Waals surface area (Å²) in [5.74, 6) is -5.04. The van der Waals surface area contributed by atoms with E-state index in [1.54, 1.807) is 29.2 Å². The van der Waals surface area contributed by atoms with Crippen LogP contribution in [0.15, 0.2) is 36.4 Å². The van der Waals surface area contributed by atoms with Crippen LogP contribution in [0.3, 0.4) is 0 Å². The van der Waals surface area contributed by atoms with E-state index in [1.165, 1.54) is 12.0 Å². The van der Waals surface area contributed by atoms with Gasteiger partial charge < -0.3 is 14.5 Å². The molecule has 1 heterocycles. The van der Waals surface area contributed by atoms with E-state index in [4.69, 9.17) is 4.74 Å². The Bertz CT molecular complexity index is 904. The van der Waals surface area contributed by atoms with Gasteiger partial charge in [-0.25, -0.2) is 13.2 Å². The molecule has 0 saturated carbocycles. The van der Waals surface area contributed by atoms with E-state index >= 15 is 0 Å². The minimum atomic E-state index is -1.67. The molecule has 2 aromatic rings. The fourth-order valence-electron chi connectivity index (χ4n) is 3.18. The minimum absolute atomic E-state index is 0.151. The van der Waals surface area contributed by atoms with Gasteiger partial charge in [-0.3, -0.25) is 9.59 Å². The molecule has 0 atom stereocenters. The van der Waals surface area contributed by atoms with Crippen molar-refractivity contribution >= 4 is 11.8 Å². The first-order valence-corrected chi connectivity index (χ1v) is 8.79. The highest BCUT2D eigenvalue weighted by atomic mass is 19.2. The zero-order chi connectivity index (χ0) is 20.3. The maximum absolute atomic E-state index is 13.9. The molecular formula is C20H19F3N2O3. The third kappa shape index (κ3) is 3.81. The molecule has 1 aliphatic heterocycles. The van der Waals surface area contributed by atoms with Crippen LogP contribution in [0, 0.1) is 17.5 Å². The van der Waals surface area contributed by atoms with Gasteiger partial charge in [-0.1, -0.05) is 12.1 Å². The molecule has 8 heteroatoms.